The molecular formula is C31H27ClN2O2S. The van der Waals surface area contributed by atoms with Crippen molar-refractivity contribution in [3.8, 4) is 11.3 Å². The highest BCUT2D eigenvalue weighted by Gasteiger charge is 2.35. The normalized spacial score (nSPS) is 15.8. The molecule has 0 spiro atoms. The molecule has 0 saturated carbocycles. The van der Waals surface area contributed by atoms with Gasteiger partial charge in [-0.15, -0.1) is 0 Å². The molecule has 37 heavy (non-hydrogen) atoms. The lowest BCUT2D eigenvalue weighted by Crippen LogP contribution is -2.28. The molecule has 0 N–H and O–H groups in total. The van der Waals surface area contributed by atoms with Gasteiger partial charge in [0.25, 0.3) is 5.91 Å². The van der Waals surface area contributed by atoms with Crippen molar-refractivity contribution in [1.82, 2.24) is 0 Å². The van der Waals surface area contributed by atoms with Gasteiger partial charge in [0.1, 0.15) is 11.5 Å². The monoisotopic (exact) mass is 526 g/mol. The summed E-state index contributed by atoms with van der Waals surface area (Å²) in [5.74, 6) is 1.18. The average Bonchev–Trinajstić information content (AvgIpc) is 3.50. The maximum Gasteiger partial charge on any atom is 0.271 e. The van der Waals surface area contributed by atoms with Crippen molar-refractivity contribution in [2.24, 2.45) is 4.99 Å². The topological polar surface area (TPSA) is 45.8 Å². The summed E-state index contributed by atoms with van der Waals surface area (Å²) >= 11 is 7.55. The molecule has 1 aliphatic rings. The van der Waals surface area contributed by atoms with Crippen molar-refractivity contribution in [3.63, 3.8) is 0 Å². The second kappa shape index (κ2) is 10.8. The van der Waals surface area contributed by atoms with E-state index in [0.29, 0.717) is 26.6 Å². The Kier molecular flexibility index (Phi) is 7.36. The number of amides is 1. The van der Waals surface area contributed by atoms with Crippen LogP contribution in [0.2, 0.25) is 5.02 Å². The van der Waals surface area contributed by atoms with Crippen molar-refractivity contribution < 1.29 is 9.21 Å². The van der Waals surface area contributed by atoms with E-state index >= 15 is 0 Å². The van der Waals surface area contributed by atoms with Gasteiger partial charge in [0.2, 0.25) is 0 Å². The van der Waals surface area contributed by atoms with Gasteiger partial charge in [0.05, 0.1) is 16.3 Å². The van der Waals surface area contributed by atoms with E-state index in [1.165, 1.54) is 22.9 Å². The predicted molar refractivity (Wildman–Crippen MR) is 156 cm³/mol. The van der Waals surface area contributed by atoms with E-state index in [4.69, 9.17) is 21.0 Å². The molecule has 4 nitrogen and oxygen atoms in total. The van der Waals surface area contributed by atoms with Crippen LogP contribution in [0.25, 0.3) is 17.4 Å². The number of aliphatic imine (C=N–C) groups is 1. The minimum Gasteiger partial charge on any atom is -0.457 e. The van der Waals surface area contributed by atoms with Crippen LogP contribution in [0.3, 0.4) is 0 Å². The van der Waals surface area contributed by atoms with Gasteiger partial charge in [0.15, 0.2) is 5.17 Å². The van der Waals surface area contributed by atoms with Crippen LogP contribution >= 0.6 is 23.4 Å². The zero-order chi connectivity index (χ0) is 25.9. The largest absolute Gasteiger partial charge is 0.457 e. The van der Waals surface area contributed by atoms with Gasteiger partial charge in [-0.25, -0.2) is 4.99 Å². The molecule has 186 valence electrons. The lowest BCUT2D eigenvalue weighted by Gasteiger charge is -2.16. The smallest absolute Gasteiger partial charge is 0.271 e. The molecule has 0 aliphatic carbocycles. The summed E-state index contributed by atoms with van der Waals surface area (Å²) < 4.78 is 6.11. The number of halogens is 1. The molecule has 4 aromatic rings. The van der Waals surface area contributed by atoms with Crippen LogP contribution in [-0.4, -0.2) is 11.1 Å². The molecule has 0 unspecified atom stereocenters. The molecule has 1 aromatic heterocycles. The number of benzene rings is 3. The van der Waals surface area contributed by atoms with E-state index in [2.05, 4.69) is 38.1 Å². The van der Waals surface area contributed by atoms with Gasteiger partial charge in [0, 0.05) is 16.7 Å². The number of rotatable bonds is 6. The Bertz CT molecular complexity index is 1500. The van der Waals surface area contributed by atoms with E-state index in [-0.39, 0.29) is 5.91 Å². The molecule has 0 radical (unpaired) electrons. The molecule has 0 atom stereocenters. The number of carbonyl (C=O) groups excluding carboxylic acids is 1. The van der Waals surface area contributed by atoms with E-state index in [1.807, 2.05) is 61.5 Å². The minimum atomic E-state index is -0.130. The van der Waals surface area contributed by atoms with Crippen molar-refractivity contribution in [2.45, 2.75) is 33.6 Å². The Morgan fingerprint density at radius 3 is 2.27 bits per heavy atom. The van der Waals surface area contributed by atoms with E-state index in [0.717, 1.165) is 35.3 Å². The van der Waals surface area contributed by atoms with Gasteiger partial charge in [-0.05, 0) is 96.7 Å². The van der Waals surface area contributed by atoms with Crippen LogP contribution in [0.15, 0.2) is 93.2 Å². The fourth-order valence-electron chi connectivity index (χ4n) is 4.14. The van der Waals surface area contributed by atoms with Gasteiger partial charge in [-0.2, -0.15) is 0 Å². The summed E-state index contributed by atoms with van der Waals surface area (Å²) in [6.45, 7) is 6.25. The minimum absolute atomic E-state index is 0.130. The second-order valence-electron chi connectivity index (χ2n) is 8.85. The average molecular weight is 527 g/mol. The number of furan rings is 1. The van der Waals surface area contributed by atoms with Gasteiger partial charge < -0.3 is 4.42 Å². The lowest BCUT2D eigenvalue weighted by atomic mass is 10.1. The molecule has 1 amide bonds. The third-order valence-corrected chi connectivity index (χ3v) is 7.55. The number of hydrogen-bond donors (Lipinski definition) is 0. The van der Waals surface area contributed by atoms with Crippen LogP contribution in [0, 0.1) is 6.92 Å². The molecule has 1 aliphatic heterocycles. The van der Waals surface area contributed by atoms with E-state index in [9.17, 15) is 4.79 Å². The molecule has 1 fully saturated rings. The van der Waals surface area contributed by atoms with Crippen molar-refractivity contribution in [2.75, 3.05) is 4.90 Å². The summed E-state index contributed by atoms with van der Waals surface area (Å²) in [7, 11) is 0. The van der Waals surface area contributed by atoms with E-state index in [1.54, 1.807) is 11.0 Å². The van der Waals surface area contributed by atoms with Crippen LogP contribution in [0.1, 0.15) is 36.3 Å². The SMILES string of the molecule is CCc1ccc(N=C2S/C(=C\c3ccc(-c4cc(Cl)ccc4C)o3)C(=O)N2c2ccc(CC)cc2)cc1. The summed E-state index contributed by atoms with van der Waals surface area (Å²) in [6, 6.07) is 25.7. The molecule has 0 bridgehead atoms. The Labute approximate surface area is 226 Å². The van der Waals surface area contributed by atoms with Gasteiger partial charge in [-0.3, -0.25) is 9.69 Å². The number of aryl methyl sites for hydroxylation is 3. The fourth-order valence-corrected chi connectivity index (χ4v) is 5.29. The second-order valence-corrected chi connectivity index (χ2v) is 10.3. The first kappa shape index (κ1) is 25.1. The van der Waals surface area contributed by atoms with Crippen LogP contribution in [0.5, 0.6) is 0 Å². The molecule has 3 aromatic carbocycles. The number of thioether (sulfide) groups is 1. The first-order valence-corrected chi connectivity index (χ1v) is 13.5. The highest BCUT2D eigenvalue weighted by atomic mass is 35.5. The van der Waals surface area contributed by atoms with Crippen LogP contribution in [0.4, 0.5) is 11.4 Å². The zero-order valence-corrected chi connectivity index (χ0v) is 22.6. The molecule has 1 saturated heterocycles. The number of carbonyl (C=O) groups is 1. The maximum absolute atomic E-state index is 13.6. The highest BCUT2D eigenvalue weighted by Crippen LogP contribution is 2.38. The quantitative estimate of drug-likeness (QED) is 0.236. The molecule has 6 heteroatoms. The third-order valence-electron chi connectivity index (χ3n) is 6.34. The lowest BCUT2D eigenvalue weighted by molar-refractivity contribution is -0.113. The van der Waals surface area contributed by atoms with Crippen LogP contribution < -0.4 is 4.90 Å². The summed E-state index contributed by atoms with van der Waals surface area (Å²) in [5, 5.41) is 1.26. The summed E-state index contributed by atoms with van der Waals surface area (Å²) in [4.78, 5) is 20.7. The van der Waals surface area contributed by atoms with Crippen molar-refractivity contribution in [3.05, 3.63) is 111 Å². The first-order chi connectivity index (χ1) is 17.9. The highest BCUT2D eigenvalue weighted by molar-refractivity contribution is 8.19. The Morgan fingerprint density at radius 1 is 0.919 bits per heavy atom. The van der Waals surface area contributed by atoms with Crippen LogP contribution in [-0.2, 0) is 17.6 Å². The number of anilines is 1. The standard InChI is InChI=1S/C31H27ClN2O2S/c1-4-21-7-12-24(13-8-21)33-31-34(25-14-9-22(5-2)10-15-25)30(35)29(37-31)19-26-16-17-28(36-26)27-18-23(32)11-6-20(27)3/h6-19H,4-5H2,1-3H3/b29-19-,33-31?. The first-order valence-electron chi connectivity index (χ1n) is 12.3. The van der Waals surface area contributed by atoms with Crippen molar-refractivity contribution in [1.29, 1.82) is 0 Å². The van der Waals surface area contributed by atoms with Gasteiger partial charge in [-0.1, -0.05) is 55.8 Å². The Balaban J connectivity index is 1.51. The Hall–Kier alpha value is -3.54. The molecule has 2 heterocycles. The number of hydrogen-bond acceptors (Lipinski definition) is 4. The van der Waals surface area contributed by atoms with Gasteiger partial charge >= 0.3 is 0 Å². The number of amidine groups is 1. The third kappa shape index (κ3) is 5.43. The summed E-state index contributed by atoms with van der Waals surface area (Å²) in [5.41, 5.74) is 6.05. The Morgan fingerprint density at radius 2 is 1.59 bits per heavy atom. The number of nitrogens with zero attached hydrogens (tertiary/aromatic N) is 2. The molecular weight excluding hydrogens is 500 g/mol. The maximum atomic E-state index is 13.6. The zero-order valence-electron chi connectivity index (χ0n) is 21.0. The predicted octanol–water partition coefficient (Wildman–Crippen LogP) is 8.84. The molecule has 5 rings (SSSR count). The summed E-state index contributed by atoms with van der Waals surface area (Å²) in [6.07, 6.45) is 3.69. The van der Waals surface area contributed by atoms with E-state index < -0.39 is 0 Å². The fraction of sp³-hybridized carbons (Fsp3) is 0.161. The van der Waals surface area contributed by atoms with Crippen molar-refractivity contribution >= 4 is 51.9 Å².